The number of hydrogen-bond donors (Lipinski definition) is 0. The summed E-state index contributed by atoms with van der Waals surface area (Å²) in [5, 5.41) is 7.62. The fourth-order valence-corrected chi connectivity index (χ4v) is 1.91. The number of unbranched alkanes of at least 4 members (excludes halogenated alkanes) is 6. The largest absolute Gasteiger partial charge is 0.298 e. The maximum Gasteiger partial charge on any atom is 0.156 e. The van der Waals surface area contributed by atoms with Gasteiger partial charge in [-0.3, -0.25) is 9.59 Å². The summed E-state index contributed by atoms with van der Waals surface area (Å²) in [4.78, 5) is 22.9. The lowest BCUT2D eigenvalue weighted by Crippen LogP contribution is -2.04. The van der Waals surface area contributed by atoms with Crippen molar-refractivity contribution in [2.24, 2.45) is 10.2 Å². The molecule has 0 radical (unpaired) electrons. The summed E-state index contributed by atoms with van der Waals surface area (Å²) in [6.07, 6.45) is 9.99. The van der Waals surface area contributed by atoms with Crippen LogP contribution in [-0.4, -0.2) is 24.7 Å². The highest BCUT2D eigenvalue weighted by atomic mass is 16.1. The van der Waals surface area contributed by atoms with Crippen molar-refractivity contribution in [2.75, 3.05) is 13.1 Å². The van der Waals surface area contributed by atoms with Crippen molar-refractivity contribution >= 4 is 11.6 Å². The second-order valence-electron chi connectivity index (χ2n) is 5.30. The van der Waals surface area contributed by atoms with Gasteiger partial charge in [0.25, 0.3) is 0 Å². The first-order chi connectivity index (χ1) is 9.70. The standard InChI is InChI=1S/C16H30N2O2/c1-3-5-7-9-11-15(19)13-17-18-14-16(20)12-10-8-6-4-2/h3-14H2,1-2H3. The molecule has 0 amide bonds. The van der Waals surface area contributed by atoms with Gasteiger partial charge in [-0.25, -0.2) is 0 Å². The SMILES string of the molecule is CCCCCCC(=O)CN=NCC(=O)CCCCCC. The first-order valence-corrected chi connectivity index (χ1v) is 8.07. The van der Waals surface area contributed by atoms with E-state index in [1.54, 1.807) is 0 Å². The zero-order valence-corrected chi connectivity index (χ0v) is 13.2. The molecule has 4 nitrogen and oxygen atoms in total. The van der Waals surface area contributed by atoms with Crippen LogP contribution in [0.15, 0.2) is 10.2 Å². The van der Waals surface area contributed by atoms with Gasteiger partial charge in [0.05, 0.1) is 0 Å². The average Bonchev–Trinajstić information content (AvgIpc) is 2.44. The third-order valence-electron chi connectivity index (χ3n) is 3.21. The van der Waals surface area contributed by atoms with Crippen LogP contribution in [0.5, 0.6) is 0 Å². The summed E-state index contributed by atoms with van der Waals surface area (Å²) in [5.74, 6) is 0.250. The number of Topliss-reactive ketones (excluding diaryl/α,β-unsaturated/α-hetero) is 2. The van der Waals surface area contributed by atoms with Crippen molar-refractivity contribution in [3.8, 4) is 0 Å². The van der Waals surface area contributed by atoms with E-state index in [0.717, 1.165) is 25.7 Å². The molecule has 0 unspecified atom stereocenters. The Morgan fingerprint density at radius 2 is 1.05 bits per heavy atom. The number of ketones is 2. The number of azo groups is 1. The van der Waals surface area contributed by atoms with E-state index in [4.69, 9.17) is 0 Å². The second kappa shape index (κ2) is 14.4. The summed E-state index contributed by atoms with van der Waals surface area (Å²) in [6.45, 7) is 4.56. The van der Waals surface area contributed by atoms with Gasteiger partial charge in [0.2, 0.25) is 0 Å². The molecule has 0 aliphatic rings. The van der Waals surface area contributed by atoms with Crippen molar-refractivity contribution in [1.29, 1.82) is 0 Å². The second-order valence-corrected chi connectivity index (χ2v) is 5.30. The van der Waals surface area contributed by atoms with Crippen LogP contribution in [-0.2, 0) is 9.59 Å². The summed E-state index contributed by atoms with van der Waals surface area (Å²) < 4.78 is 0. The van der Waals surface area contributed by atoms with Gasteiger partial charge in [-0.2, -0.15) is 10.2 Å². The van der Waals surface area contributed by atoms with Crippen LogP contribution in [0.2, 0.25) is 0 Å². The topological polar surface area (TPSA) is 58.9 Å². The third kappa shape index (κ3) is 13.4. The zero-order chi connectivity index (χ0) is 15.1. The smallest absolute Gasteiger partial charge is 0.156 e. The van der Waals surface area contributed by atoms with E-state index in [9.17, 15) is 9.59 Å². The van der Waals surface area contributed by atoms with Crippen molar-refractivity contribution in [3.05, 3.63) is 0 Å². The van der Waals surface area contributed by atoms with Crippen LogP contribution in [0.3, 0.4) is 0 Å². The van der Waals surface area contributed by atoms with E-state index in [1.807, 2.05) is 0 Å². The van der Waals surface area contributed by atoms with Gasteiger partial charge < -0.3 is 0 Å². The molecule has 0 aromatic rings. The molecule has 0 aromatic heterocycles. The Labute approximate surface area is 123 Å². The number of carbonyl (C=O) groups excluding carboxylic acids is 2. The van der Waals surface area contributed by atoms with Crippen LogP contribution >= 0.6 is 0 Å². The molecule has 0 N–H and O–H groups in total. The van der Waals surface area contributed by atoms with Crippen LogP contribution in [0.1, 0.15) is 78.1 Å². The van der Waals surface area contributed by atoms with E-state index in [-0.39, 0.29) is 24.7 Å². The third-order valence-corrected chi connectivity index (χ3v) is 3.21. The van der Waals surface area contributed by atoms with E-state index in [1.165, 1.54) is 25.7 Å². The highest BCUT2D eigenvalue weighted by molar-refractivity contribution is 5.81. The Balaban J connectivity index is 3.49. The van der Waals surface area contributed by atoms with Gasteiger partial charge in [-0.1, -0.05) is 52.4 Å². The highest BCUT2D eigenvalue weighted by Gasteiger charge is 2.02. The van der Waals surface area contributed by atoms with Gasteiger partial charge in [-0.15, -0.1) is 0 Å². The minimum Gasteiger partial charge on any atom is -0.298 e. The predicted molar refractivity (Wildman–Crippen MR) is 82.1 cm³/mol. The van der Waals surface area contributed by atoms with Gasteiger partial charge >= 0.3 is 0 Å². The molecule has 116 valence electrons. The maximum absolute atomic E-state index is 11.5. The summed E-state index contributed by atoms with van der Waals surface area (Å²) in [7, 11) is 0. The van der Waals surface area contributed by atoms with Gasteiger partial charge in [0.1, 0.15) is 13.1 Å². The van der Waals surface area contributed by atoms with E-state index in [2.05, 4.69) is 24.1 Å². The lowest BCUT2D eigenvalue weighted by atomic mass is 10.1. The molecule has 4 heteroatoms. The fraction of sp³-hybridized carbons (Fsp3) is 0.875. The minimum absolute atomic E-state index is 0.125. The zero-order valence-electron chi connectivity index (χ0n) is 13.2. The van der Waals surface area contributed by atoms with Crippen molar-refractivity contribution in [2.45, 2.75) is 78.1 Å². The molecule has 0 atom stereocenters. The van der Waals surface area contributed by atoms with E-state index < -0.39 is 0 Å². The molecule has 0 spiro atoms. The molecular formula is C16H30N2O2. The van der Waals surface area contributed by atoms with Gasteiger partial charge in [0.15, 0.2) is 11.6 Å². The van der Waals surface area contributed by atoms with Crippen LogP contribution in [0, 0.1) is 0 Å². The summed E-state index contributed by atoms with van der Waals surface area (Å²) in [6, 6.07) is 0. The number of hydrogen-bond acceptors (Lipinski definition) is 4. The minimum atomic E-state index is 0.125. The molecule has 0 saturated heterocycles. The number of rotatable bonds is 14. The van der Waals surface area contributed by atoms with Crippen molar-refractivity contribution in [1.82, 2.24) is 0 Å². The quantitative estimate of drug-likeness (QED) is 0.347. The highest BCUT2D eigenvalue weighted by Crippen LogP contribution is 2.04. The van der Waals surface area contributed by atoms with Gasteiger partial charge in [0, 0.05) is 12.8 Å². The molecule has 0 saturated carbocycles. The number of carbonyl (C=O) groups is 2. The average molecular weight is 282 g/mol. The Morgan fingerprint density at radius 3 is 1.40 bits per heavy atom. The molecule has 0 heterocycles. The van der Waals surface area contributed by atoms with Crippen LogP contribution in [0.4, 0.5) is 0 Å². The molecule has 0 aromatic carbocycles. The molecule has 0 fully saturated rings. The summed E-state index contributed by atoms with van der Waals surface area (Å²) in [5.41, 5.74) is 0. The first kappa shape index (κ1) is 18.9. The van der Waals surface area contributed by atoms with Gasteiger partial charge in [-0.05, 0) is 12.8 Å². The molecule has 0 aliphatic carbocycles. The lowest BCUT2D eigenvalue weighted by molar-refractivity contribution is -0.119. The summed E-state index contributed by atoms with van der Waals surface area (Å²) >= 11 is 0. The Kier molecular flexibility index (Phi) is 13.6. The maximum atomic E-state index is 11.5. The monoisotopic (exact) mass is 282 g/mol. The van der Waals surface area contributed by atoms with Crippen LogP contribution in [0.25, 0.3) is 0 Å². The Bertz CT molecular complexity index is 260. The van der Waals surface area contributed by atoms with E-state index >= 15 is 0 Å². The van der Waals surface area contributed by atoms with Crippen LogP contribution < -0.4 is 0 Å². The molecule has 20 heavy (non-hydrogen) atoms. The van der Waals surface area contributed by atoms with Crippen molar-refractivity contribution in [3.63, 3.8) is 0 Å². The van der Waals surface area contributed by atoms with Crippen molar-refractivity contribution < 1.29 is 9.59 Å². The Hall–Kier alpha value is -1.06. The Morgan fingerprint density at radius 1 is 0.650 bits per heavy atom. The normalized spacial score (nSPS) is 11.1. The lowest BCUT2D eigenvalue weighted by Gasteiger charge is -1.98. The molecular weight excluding hydrogens is 252 g/mol. The first-order valence-electron chi connectivity index (χ1n) is 8.07. The van der Waals surface area contributed by atoms with E-state index in [0.29, 0.717) is 12.8 Å². The molecule has 0 rings (SSSR count). The molecule has 0 bridgehead atoms. The predicted octanol–water partition coefficient (Wildman–Crippen LogP) is 4.52. The number of nitrogens with zero attached hydrogens (tertiary/aromatic N) is 2. The fourth-order valence-electron chi connectivity index (χ4n) is 1.91. The molecule has 0 aliphatic heterocycles.